The van der Waals surface area contributed by atoms with Crippen molar-refractivity contribution < 1.29 is 0 Å². The molecule has 7 nitrogen and oxygen atoms in total. The van der Waals surface area contributed by atoms with Crippen LogP contribution < -0.4 is 0 Å². The molecule has 7 heteroatoms. The van der Waals surface area contributed by atoms with E-state index in [0.717, 1.165) is 44.9 Å². The number of fused-ring (bicyclic) bond motifs is 1. The summed E-state index contributed by atoms with van der Waals surface area (Å²) < 4.78 is 2.18. The van der Waals surface area contributed by atoms with Gasteiger partial charge in [-0.3, -0.25) is 0 Å². The number of pyridine rings is 1. The van der Waals surface area contributed by atoms with Crippen LogP contribution >= 0.6 is 0 Å². The van der Waals surface area contributed by atoms with E-state index in [0.29, 0.717) is 12.4 Å². The number of aryl methyl sites for hydroxylation is 2. The molecule has 0 saturated carbocycles. The van der Waals surface area contributed by atoms with Crippen LogP contribution in [0.3, 0.4) is 0 Å². The molecular weight excluding hydrogens is 398 g/mol. The van der Waals surface area contributed by atoms with Gasteiger partial charge in [0, 0.05) is 11.3 Å². The van der Waals surface area contributed by atoms with Crippen molar-refractivity contribution in [3.05, 3.63) is 83.3 Å². The number of rotatable bonds is 5. The Bertz CT molecular complexity index is 1410. The number of imidazole rings is 1. The third-order valence-corrected chi connectivity index (χ3v) is 5.49. The van der Waals surface area contributed by atoms with Crippen molar-refractivity contribution in [1.29, 1.82) is 0 Å². The van der Waals surface area contributed by atoms with Gasteiger partial charge in [0.15, 0.2) is 5.65 Å². The zero-order chi connectivity index (χ0) is 22.1. The number of nitrogens with zero attached hydrogens (tertiary/aromatic N) is 6. The number of H-pyrrole nitrogens is 1. The van der Waals surface area contributed by atoms with Crippen LogP contribution in [0.25, 0.3) is 39.8 Å². The summed E-state index contributed by atoms with van der Waals surface area (Å²) in [7, 11) is 0. The Morgan fingerprint density at radius 2 is 1.75 bits per heavy atom. The van der Waals surface area contributed by atoms with Crippen molar-refractivity contribution in [1.82, 2.24) is 35.2 Å². The maximum Gasteiger partial charge on any atom is 0.205 e. The van der Waals surface area contributed by atoms with E-state index in [-0.39, 0.29) is 0 Å². The Morgan fingerprint density at radius 1 is 0.969 bits per heavy atom. The Labute approximate surface area is 185 Å². The smallest absolute Gasteiger partial charge is 0.205 e. The highest BCUT2D eigenvalue weighted by molar-refractivity contribution is 5.80. The molecule has 0 spiro atoms. The van der Waals surface area contributed by atoms with E-state index in [1.165, 1.54) is 5.56 Å². The summed E-state index contributed by atoms with van der Waals surface area (Å²) in [5.74, 6) is 1.50. The second kappa shape index (κ2) is 8.19. The van der Waals surface area contributed by atoms with Crippen molar-refractivity contribution in [3.63, 3.8) is 0 Å². The maximum atomic E-state index is 4.84. The first-order valence-corrected chi connectivity index (χ1v) is 10.5. The molecule has 0 atom stereocenters. The van der Waals surface area contributed by atoms with E-state index in [4.69, 9.17) is 9.97 Å². The van der Waals surface area contributed by atoms with Gasteiger partial charge in [-0.25, -0.2) is 9.97 Å². The second-order valence-corrected chi connectivity index (χ2v) is 7.79. The minimum absolute atomic E-state index is 0.586. The number of hydrogen-bond donors (Lipinski definition) is 1. The van der Waals surface area contributed by atoms with Gasteiger partial charge in [-0.15, -0.1) is 10.2 Å². The predicted molar refractivity (Wildman–Crippen MR) is 126 cm³/mol. The van der Waals surface area contributed by atoms with E-state index in [2.05, 4.69) is 68.5 Å². The van der Waals surface area contributed by atoms with E-state index < -0.39 is 0 Å². The number of allylic oxidation sites excluding steroid dienone is 1. The van der Waals surface area contributed by atoms with Crippen LogP contribution in [0.15, 0.2) is 60.7 Å². The predicted octanol–water partition coefficient (Wildman–Crippen LogP) is 4.98. The van der Waals surface area contributed by atoms with Crippen molar-refractivity contribution in [2.75, 3.05) is 0 Å². The monoisotopic (exact) mass is 421 g/mol. The number of nitrogens with one attached hydrogen (secondary N) is 1. The van der Waals surface area contributed by atoms with Crippen LogP contribution in [0, 0.1) is 13.8 Å². The van der Waals surface area contributed by atoms with Gasteiger partial charge in [-0.1, -0.05) is 54.6 Å². The third kappa shape index (κ3) is 3.58. The lowest BCUT2D eigenvalue weighted by Gasteiger charge is -2.10. The van der Waals surface area contributed by atoms with Crippen LogP contribution in [0.5, 0.6) is 0 Å². The van der Waals surface area contributed by atoms with Crippen LogP contribution in [-0.2, 0) is 6.54 Å². The first kappa shape index (κ1) is 19.8. The summed E-state index contributed by atoms with van der Waals surface area (Å²) in [5.41, 5.74) is 8.30. The van der Waals surface area contributed by atoms with Crippen molar-refractivity contribution in [3.8, 4) is 22.5 Å². The van der Waals surface area contributed by atoms with E-state index in [1.807, 2.05) is 44.2 Å². The van der Waals surface area contributed by atoms with Crippen LogP contribution in [0.4, 0.5) is 0 Å². The minimum Gasteiger partial charge on any atom is -0.305 e. The zero-order valence-corrected chi connectivity index (χ0v) is 18.2. The first-order valence-electron chi connectivity index (χ1n) is 10.5. The molecule has 0 aliphatic carbocycles. The molecular formula is C25H23N7. The highest BCUT2D eigenvalue weighted by Crippen LogP contribution is 2.30. The fraction of sp³-hybridized carbons (Fsp3) is 0.160. The van der Waals surface area contributed by atoms with Gasteiger partial charge in [0.25, 0.3) is 0 Å². The number of tetrazole rings is 1. The molecule has 0 radical (unpaired) electrons. The quantitative estimate of drug-likeness (QED) is 0.433. The molecule has 1 N–H and O–H groups in total. The van der Waals surface area contributed by atoms with Crippen LogP contribution in [-0.4, -0.2) is 35.2 Å². The van der Waals surface area contributed by atoms with Gasteiger partial charge in [-0.05, 0) is 60.4 Å². The highest BCUT2D eigenvalue weighted by Gasteiger charge is 2.14. The number of benzene rings is 2. The average molecular weight is 422 g/mol. The fourth-order valence-electron chi connectivity index (χ4n) is 4.03. The molecule has 5 rings (SSSR count). The van der Waals surface area contributed by atoms with Crippen LogP contribution in [0.2, 0.25) is 0 Å². The van der Waals surface area contributed by atoms with Gasteiger partial charge < -0.3 is 4.57 Å². The second-order valence-electron chi connectivity index (χ2n) is 7.79. The van der Waals surface area contributed by atoms with Gasteiger partial charge in [0.05, 0.1) is 6.54 Å². The molecule has 3 aromatic heterocycles. The molecule has 0 aliphatic rings. The lowest BCUT2D eigenvalue weighted by atomic mass is 9.98. The zero-order valence-electron chi connectivity index (χ0n) is 18.2. The molecule has 158 valence electrons. The summed E-state index contributed by atoms with van der Waals surface area (Å²) in [4.78, 5) is 9.62. The SMILES string of the molecule is C/C=C/c1nc2c(C)cc(C)nc2n1Cc1ccc(-c2ccccc2-c2nn[nH]n2)cc1. The highest BCUT2D eigenvalue weighted by atomic mass is 15.5. The van der Waals surface area contributed by atoms with Crippen molar-refractivity contribution in [2.24, 2.45) is 0 Å². The molecule has 0 bridgehead atoms. The van der Waals surface area contributed by atoms with Gasteiger partial charge in [0.2, 0.25) is 5.82 Å². The molecule has 0 amide bonds. The molecule has 32 heavy (non-hydrogen) atoms. The molecule has 0 saturated heterocycles. The Kier molecular flexibility index (Phi) is 5.07. The Balaban J connectivity index is 1.52. The first-order chi connectivity index (χ1) is 15.6. The lowest BCUT2D eigenvalue weighted by molar-refractivity contribution is 0.802. The van der Waals surface area contributed by atoms with Gasteiger partial charge >= 0.3 is 0 Å². The summed E-state index contributed by atoms with van der Waals surface area (Å²) in [5, 5.41) is 14.5. The van der Waals surface area contributed by atoms with E-state index in [1.54, 1.807) is 0 Å². The van der Waals surface area contributed by atoms with Crippen LogP contribution in [0.1, 0.15) is 29.6 Å². The standard InChI is InChI=1S/C25H23N7/c1-4-7-22-27-23-16(2)14-17(3)26-25(23)32(22)15-18-10-12-19(13-11-18)20-8-5-6-9-21(20)24-28-30-31-29-24/h4-14H,15H2,1-3H3,(H,28,29,30,31)/b7-4+. The van der Waals surface area contributed by atoms with Crippen molar-refractivity contribution in [2.45, 2.75) is 27.3 Å². The molecule has 0 fully saturated rings. The third-order valence-electron chi connectivity index (χ3n) is 5.49. The minimum atomic E-state index is 0.586. The number of hydrogen-bond acceptors (Lipinski definition) is 5. The number of aromatic nitrogens is 7. The number of aromatic amines is 1. The normalized spacial score (nSPS) is 11.6. The molecule has 0 aliphatic heterocycles. The molecule has 0 unspecified atom stereocenters. The van der Waals surface area contributed by atoms with E-state index >= 15 is 0 Å². The average Bonchev–Trinajstić information content (AvgIpc) is 3.44. The fourth-order valence-corrected chi connectivity index (χ4v) is 4.03. The van der Waals surface area contributed by atoms with Gasteiger partial charge in [0.1, 0.15) is 11.3 Å². The van der Waals surface area contributed by atoms with E-state index in [9.17, 15) is 0 Å². The maximum absolute atomic E-state index is 4.84. The summed E-state index contributed by atoms with van der Waals surface area (Å²) in [6, 6.07) is 18.7. The van der Waals surface area contributed by atoms with Crippen molar-refractivity contribution >= 4 is 17.2 Å². The van der Waals surface area contributed by atoms with Gasteiger partial charge in [-0.2, -0.15) is 5.21 Å². The summed E-state index contributed by atoms with van der Waals surface area (Å²) in [6.07, 6.45) is 4.05. The largest absolute Gasteiger partial charge is 0.305 e. The Hall–Kier alpha value is -4.13. The topological polar surface area (TPSA) is 85.2 Å². The molecule has 3 heterocycles. The summed E-state index contributed by atoms with van der Waals surface area (Å²) in [6.45, 7) is 6.81. The summed E-state index contributed by atoms with van der Waals surface area (Å²) >= 11 is 0. The molecule has 2 aromatic carbocycles. The lowest BCUT2D eigenvalue weighted by Crippen LogP contribution is -2.04. The Morgan fingerprint density at radius 3 is 2.47 bits per heavy atom. The molecule has 5 aromatic rings.